The number of amides is 1. The highest BCUT2D eigenvalue weighted by Gasteiger charge is 2.57. The Bertz CT molecular complexity index is 404. The Kier molecular flexibility index (Phi) is 2.88. The van der Waals surface area contributed by atoms with Crippen molar-refractivity contribution >= 4 is 11.9 Å². The molecule has 4 aliphatic carbocycles. The first-order chi connectivity index (χ1) is 8.90. The third kappa shape index (κ3) is 2.37. The van der Waals surface area contributed by atoms with E-state index in [0.29, 0.717) is 11.8 Å². The molecule has 0 saturated heterocycles. The molecule has 0 spiro atoms. The highest BCUT2D eigenvalue weighted by Crippen LogP contribution is 2.63. The van der Waals surface area contributed by atoms with E-state index in [-0.39, 0.29) is 23.3 Å². The minimum absolute atomic E-state index is 0.0398. The molecule has 4 fully saturated rings. The Hall–Kier alpha value is -1.06. The van der Waals surface area contributed by atoms with E-state index in [1.807, 2.05) is 0 Å². The quantitative estimate of drug-likeness (QED) is 0.823. The van der Waals surface area contributed by atoms with Crippen LogP contribution in [0, 0.1) is 17.3 Å². The molecular weight excluding hydrogens is 242 g/mol. The van der Waals surface area contributed by atoms with E-state index in [4.69, 9.17) is 0 Å². The van der Waals surface area contributed by atoms with Crippen LogP contribution in [0.4, 0.5) is 0 Å². The van der Waals surface area contributed by atoms with Crippen LogP contribution in [0.1, 0.15) is 58.3 Å². The smallest absolute Gasteiger partial charge is 0.217 e. The number of aliphatic carboxylic acids is 1. The number of hydrogen-bond acceptors (Lipinski definition) is 3. The van der Waals surface area contributed by atoms with Crippen molar-refractivity contribution in [3.63, 3.8) is 0 Å². The van der Waals surface area contributed by atoms with Crippen molar-refractivity contribution in [2.24, 2.45) is 17.3 Å². The SMILES string of the molecule is CC(=O)NC12C[C@@H]3C[C@@H](CC(CCC(=O)[O-])(C3)C1)C2. The number of carbonyl (C=O) groups is 2. The summed E-state index contributed by atoms with van der Waals surface area (Å²) in [6.07, 6.45) is 7.62. The van der Waals surface area contributed by atoms with Crippen LogP contribution in [0.5, 0.6) is 0 Å². The van der Waals surface area contributed by atoms with E-state index in [1.165, 1.54) is 6.42 Å². The van der Waals surface area contributed by atoms with Crippen LogP contribution < -0.4 is 10.4 Å². The van der Waals surface area contributed by atoms with Crippen molar-refractivity contribution in [2.75, 3.05) is 0 Å². The Morgan fingerprint density at radius 2 is 1.84 bits per heavy atom. The second-order valence-electron chi connectivity index (χ2n) is 7.29. The summed E-state index contributed by atoms with van der Waals surface area (Å²) in [5.41, 5.74) is 0.106. The fourth-order valence-electron chi connectivity index (χ4n) is 5.63. The standard InChI is InChI=1S/C15H23NO3/c1-10(17)16-15-7-11-4-12(8-15)6-14(5-11,9-15)3-2-13(18)19/h11-12H,2-9H2,1H3,(H,16,17)(H,18,19)/p-1/t11-,12+,14?,15?. The van der Waals surface area contributed by atoms with Gasteiger partial charge in [0.25, 0.3) is 0 Å². The zero-order valence-corrected chi connectivity index (χ0v) is 11.5. The summed E-state index contributed by atoms with van der Waals surface area (Å²) in [6.45, 7) is 1.59. The topological polar surface area (TPSA) is 69.2 Å². The number of rotatable bonds is 4. The van der Waals surface area contributed by atoms with Crippen LogP contribution in [0.15, 0.2) is 0 Å². The molecule has 4 atom stereocenters. The van der Waals surface area contributed by atoms with E-state index in [0.717, 1.165) is 38.5 Å². The van der Waals surface area contributed by atoms with Gasteiger partial charge in [0, 0.05) is 18.4 Å². The van der Waals surface area contributed by atoms with Gasteiger partial charge in [0.15, 0.2) is 0 Å². The fourth-order valence-corrected chi connectivity index (χ4v) is 5.63. The molecule has 0 heterocycles. The lowest BCUT2D eigenvalue weighted by molar-refractivity contribution is -0.306. The minimum Gasteiger partial charge on any atom is -0.550 e. The molecular formula is C15H22NO3-. The Morgan fingerprint density at radius 3 is 2.37 bits per heavy atom. The van der Waals surface area contributed by atoms with E-state index in [9.17, 15) is 14.7 Å². The van der Waals surface area contributed by atoms with Crippen LogP contribution in [0.3, 0.4) is 0 Å². The monoisotopic (exact) mass is 264 g/mol. The maximum Gasteiger partial charge on any atom is 0.217 e. The number of carbonyl (C=O) groups excluding carboxylic acids is 2. The molecule has 0 aromatic heterocycles. The van der Waals surface area contributed by atoms with Crippen molar-refractivity contribution in [2.45, 2.75) is 63.8 Å². The maximum absolute atomic E-state index is 11.5. The molecule has 0 aromatic carbocycles. The Balaban J connectivity index is 1.80. The first kappa shape index (κ1) is 12.9. The zero-order valence-electron chi connectivity index (χ0n) is 11.5. The average Bonchev–Trinajstić information content (AvgIpc) is 2.22. The fraction of sp³-hybridized carbons (Fsp3) is 0.867. The normalized spacial score (nSPS) is 43.2. The van der Waals surface area contributed by atoms with Gasteiger partial charge in [-0.1, -0.05) is 0 Å². The summed E-state index contributed by atoms with van der Waals surface area (Å²) in [6, 6.07) is 0. The van der Waals surface area contributed by atoms with Crippen molar-refractivity contribution in [1.29, 1.82) is 0 Å². The van der Waals surface area contributed by atoms with Crippen LogP contribution >= 0.6 is 0 Å². The predicted octanol–water partition coefficient (Wildman–Crippen LogP) is 0.992. The lowest BCUT2D eigenvalue weighted by Crippen LogP contribution is -2.62. The average molecular weight is 264 g/mol. The maximum atomic E-state index is 11.5. The van der Waals surface area contributed by atoms with Crippen LogP contribution in [0.25, 0.3) is 0 Å². The van der Waals surface area contributed by atoms with Gasteiger partial charge in [0.05, 0.1) is 0 Å². The summed E-state index contributed by atoms with van der Waals surface area (Å²) < 4.78 is 0. The largest absolute Gasteiger partial charge is 0.550 e. The molecule has 4 bridgehead atoms. The molecule has 4 nitrogen and oxygen atoms in total. The van der Waals surface area contributed by atoms with E-state index < -0.39 is 5.97 Å². The second kappa shape index (κ2) is 4.22. The molecule has 1 amide bonds. The summed E-state index contributed by atoms with van der Waals surface area (Å²) in [7, 11) is 0. The molecule has 0 aromatic rings. The number of nitrogens with one attached hydrogen (secondary N) is 1. The molecule has 4 heteroatoms. The van der Waals surface area contributed by atoms with Gasteiger partial charge in [0.2, 0.25) is 5.91 Å². The second-order valence-corrected chi connectivity index (χ2v) is 7.29. The molecule has 19 heavy (non-hydrogen) atoms. The van der Waals surface area contributed by atoms with Gasteiger partial charge in [-0.05, 0) is 68.6 Å². The lowest BCUT2D eigenvalue weighted by atomic mass is 9.46. The van der Waals surface area contributed by atoms with Crippen molar-refractivity contribution in [3.8, 4) is 0 Å². The van der Waals surface area contributed by atoms with Gasteiger partial charge >= 0.3 is 0 Å². The van der Waals surface area contributed by atoms with E-state index in [2.05, 4.69) is 5.32 Å². The van der Waals surface area contributed by atoms with Gasteiger partial charge in [0.1, 0.15) is 0 Å². The van der Waals surface area contributed by atoms with Gasteiger partial charge in [-0.3, -0.25) is 4.79 Å². The molecule has 106 valence electrons. The van der Waals surface area contributed by atoms with Crippen molar-refractivity contribution in [3.05, 3.63) is 0 Å². The van der Waals surface area contributed by atoms with E-state index in [1.54, 1.807) is 6.92 Å². The molecule has 4 saturated carbocycles. The van der Waals surface area contributed by atoms with E-state index >= 15 is 0 Å². The van der Waals surface area contributed by atoms with Gasteiger partial charge in [-0.15, -0.1) is 0 Å². The van der Waals surface area contributed by atoms with Crippen molar-refractivity contribution < 1.29 is 14.7 Å². The number of carboxylic acid groups (broad SMARTS) is 1. The summed E-state index contributed by atoms with van der Waals surface area (Å²) in [4.78, 5) is 22.3. The predicted molar refractivity (Wildman–Crippen MR) is 67.9 cm³/mol. The van der Waals surface area contributed by atoms with Crippen LogP contribution in [-0.2, 0) is 9.59 Å². The van der Waals surface area contributed by atoms with Crippen LogP contribution in [0.2, 0.25) is 0 Å². The lowest BCUT2D eigenvalue weighted by Gasteiger charge is -2.62. The van der Waals surface area contributed by atoms with Crippen molar-refractivity contribution in [1.82, 2.24) is 5.32 Å². The molecule has 4 rings (SSSR count). The van der Waals surface area contributed by atoms with Gasteiger partial charge < -0.3 is 15.2 Å². The number of hydrogen-bond donors (Lipinski definition) is 1. The van der Waals surface area contributed by atoms with Gasteiger partial charge in [-0.25, -0.2) is 0 Å². The third-order valence-electron chi connectivity index (χ3n) is 5.48. The molecule has 0 radical (unpaired) electrons. The first-order valence-electron chi connectivity index (χ1n) is 7.39. The zero-order chi connectivity index (χ0) is 13.7. The Labute approximate surface area is 113 Å². The number of carboxylic acids is 1. The summed E-state index contributed by atoms with van der Waals surface area (Å²) in [5, 5.41) is 14.0. The summed E-state index contributed by atoms with van der Waals surface area (Å²) >= 11 is 0. The molecule has 0 aliphatic heterocycles. The molecule has 1 N–H and O–H groups in total. The Morgan fingerprint density at radius 1 is 1.21 bits per heavy atom. The summed E-state index contributed by atoms with van der Waals surface area (Å²) in [5.74, 6) is 0.464. The highest BCUT2D eigenvalue weighted by atomic mass is 16.4. The first-order valence-corrected chi connectivity index (χ1v) is 7.39. The molecule has 2 unspecified atom stereocenters. The van der Waals surface area contributed by atoms with Crippen LogP contribution in [-0.4, -0.2) is 17.4 Å². The third-order valence-corrected chi connectivity index (χ3v) is 5.48. The van der Waals surface area contributed by atoms with Gasteiger partial charge in [-0.2, -0.15) is 0 Å². The minimum atomic E-state index is -0.940. The highest BCUT2D eigenvalue weighted by molar-refractivity contribution is 5.74. The molecule has 4 aliphatic rings.